The van der Waals surface area contributed by atoms with E-state index < -0.39 is 12.1 Å². The Balaban J connectivity index is 2.63. The maximum absolute atomic E-state index is 12.2. The van der Waals surface area contributed by atoms with E-state index in [0.717, 1.165) is 0 Å². The van der Waals surface area contributed by atoms with Gasteiger partial charge < -0.3 is 19.6 Å². The summed E-state index contributed by atoms with van der Waals surface area (Å²) >= 11 is 0. The monoisotopic (exact) mass is 258 g/mol. The minimum absolute atomic E-state index is 0.114. The molecule has 0 aromatic heterocycles. The van der Waals surface area contributed by atoms with Gasteiger partial charge in [-0.3, -0.25) is 0 Å². The van der Waals surface area contributed by atoms with Gasteiger partial charge in [-0.2, -0.15) is 0 Å². The number of hydrogen-bond acceptors (Lipinski definition) is 3. The lowest BCUT2D eigenvalue weighted by Gasteiger charge is -2.37. The predicted molar refractivity (Wildman–Crippen MR) is 66.4 cm³/mol. The minimum Gasteiger partial charge on any atom is -0.479 e. The van der Waals surface area contributed by atoms with Crippen molar-refractivity contribution in [2.45, 2.75) is 32.9 Å². The first-order valence-corrected chi connectivity index (χ1v) is 6.20. The zero-order valence-corrected chi connectivity index (χ0v) is 11.4. The maximum Gasteiger partial charge on any atom is 0.334 e. The lowest BCUT2D eigenvalue weighted by Crippen LogP contribution is -2.54. The fraction of sp³-hybridized carbons (Fsp3) is 0.833. The summed E-state index contributed by atoms with van der Waals surface area (Å²) < 4.78 is 5.10. The Morgan fingerprint density at radius 3 is 2.50 bits per heavy atom. The Hall–Kier alpha value is -1.30. The van der Waals surface area contributed by atoms with Gasteiger partial charge in [0.1, 0.15) is 0 Å². The molecule has 6 heteroatoms. The number of rotatable bonds is 3. The molecule has 1 heterocycles. The van der Waals surface area contributed by atoms with Crippen LogP contribution in [0.1, 0.15) is 20.8 Å². The Morgan fingerprint density at radius 1 is 1.39 bits per heavy atom. The van der Waals surface area contributed by atoms with Crippen LogP contribution in [0.25, 0.3) is 0 Å². The quantitative estimate of drug-likeness (QED) is 0.815. The first-order chi connectivity index (χ1) is 8.34. The lowest BCUT2D eigenvalue weighted by molar-refractivity contribution is -0.154. The molecule has 1 N–H and O–H groups in total. The number of nitrogens with zero attached hydrogens (tertiary/aromatic N) is 2. The molecule has 1 aliphatic rings. The Bertz CT molecular complexity index is 319. The van der Waals surface area contributed by atoms with E-state index in [9.17, 15) is 9.59 Å². The summed E-state index contributed by atoms with van der Waals surface area (Å²) in [4.78, 5) is 26.3. The number of ether oxygens (including phenoxy) is 1. The first kappa shape index (κ1) is 14.8. The number of urea groups is 1. The SMILES string of the molecule is CC(C)C(C)N(C)C(=O)N1CCOC(C(=O)O)C1. The fourth-order valence-electron chi connectivity index (χ4n) is 1.82. The van der Waals surface area contributed by atoms with E-state index in [0.29, 0.717) is 12.5 Å². The number of carbonyl (C=O) groups is 2. The van der Waals surface area contributed by atoms with Crippen LogP contribution in [0.5, 0.6) is 0 Å². The second kappa shape index (κ2) is 6.04. The molecular weight excluding hydrogens is 236 g/mol. The van der Waals surface area contributed by atoms with E-state index in [2.05, 4.69) is 0 Å². The number of morpholine rings is 1. The summed E-state index contributed by atoms with van der Waals surface area (Å²) in [6.07, 6.45) is -0.912. The van der Waals surface area contributed by atoms with Crippen molar-refractivity contribution in [3.63, 3.8) is 0 Å². The highest BCUT2D eigenvalue weighted by molar-refractivity contribution is 5.77. The van der Waals surface area contributed by atoms with Gasteiger partial charge in [0.25, 0.3) is 0 Å². The van der Waals surface area contributed by atoms with Crippen molar-refractivity contribution in [2.75, 3.05) is 26.7 Å². The molecule has 18 heavy (non-hydrogen) atoms. The zero-order chi connectivity index (χ0) is 13.9. The average Bonchev–Trinajstić information content (AvgIpc) is 2.36. The molecule has 2 amide bonds. The molecule has 0 aliphatic carbocycles. The molecule has 1 rings (SSSR count). The van der Waals surface area contributed by atoms with Crippen molar-refractivity contribution < 1.29 is 19.4 Å². The van der Waals surface area contributed by atoms with Gasteiger partial charge in [-0.05, 0) is 12.8 Å². The van der Waals surface area contributed by atoms with E-state index in [1.807, 2.05) is 20.8 Å². The molecule has 2 atom stereocenters. The third kappa shape index (κ3) is 3.35. The van der Waals surface area contributed by atoms with Crippen LogP contribution in [0, 0.1) is 5.92 Å². The molecule has 1 aliphatic heterocycles. The summed E-state index contributed by atoms with van der Waals surface area (Å²) in [5.74, 6) is -0.665. The second-order valence-electron chi connectivity index (χ2n) is 5.02. The van der Waals surface area contributed by atoms with Crippen LogP contribution in [-0.2, 0) is 9.53 Å². The zero-order valence-electron chi connectivity index (χ0n) is 11.4. The highest BCUT2D eigenvalue weighted by Crippen LogP contribution is 2.13. The van der Waals surface area contributed by atoms with Crippen LogP contribution in [0.3, 0.4) is 0 Å². The number of hydrogen-bond donors (Lipinski definition) is 1. The van der Waals surface area contributed by atoms with Crippen LogP contribution in [0.4, 0.5) is 4.79 Å². The van der Waals surface area contributed by atoms with E-state index in [1.165, 1.54) is 0 Å². The molecule has 0 spiro atoms. The van der Waals surface area contributed by atoms with Gasteiger partial charge in [-0.1, -0.05) is 13.8 Å². The average molecular weight is 258 g/mol. The van der Waals surface area contributed by atoms with Gasteiger partial charge >= 0.3 is 12.0 Å². The van der Waals surface area contributed by atoms with Gasteiger partial charge in [0, 0.05) is 19.6 Å². The van der Waals surface area contributed by atoms with E-state index in [-0.39, 0.29) is 25.2 Å². The van der Waals surface area contributed by atoms with Gasteiger partial charge in [-0.15, -0.1) is 0 Å². The number of carboxylic acid groups (broad SMARTS) is 1. The minimum atomic E-state index is -1.02. The number of amides is 2. The fourth-order valence-corrected chi connectivity index (χ4v) is 1.82. The number of aliphatic carboxylic acids is 1. The Labute approximate surface area is 107 Å². The van der Waals surface area contributed by atoms with Crippen molar-refractivity contribution in [3.05, 3.63) is 0 Å². The largest absolute Gasteiger partial charge is 0.479 e. The van der Waals surface area contributed by atoms with Crippen molar-refractivity contribution in [1.29, 1.82) is 0 Å². The van der Waals surface area contributed by atoms with Gasteiger partial charge in [0.15, 0.2) is 6.10 Å². The van der Waals surface area contributed by atoms with Crippen LogP contribution < -0.4 is 0 Å². The second-order valence-corrected chi connectivity index (χ2v) is 5.02. The third-order valence-corrected chi connectivity index (χ3v) is 3.49. The highest BCUT2D eigenvalue weighted by Gasteiger charge is 2.31. The third-order valence-electron chi connectivity index (χ3n) is 3.49. The van der Waals surface area contributed by atoms with Crippen LogP contribution in [0.2, 0.25) is 0 Å². The smallest absolute Gasteiger partial charge is 0.334 e. The molecule has 104 valence electrons. The standard InChI is InChI=1S/C12H22N2O4/c1-8(2)9(3)13(4)12(17)14-5-6-18-10(7-14)11(15)16/h8-10H,5-7H2,1-4H3,(H,15,16). The molecule has 0 aromatic rings. The molecular formula is C12H22N2O4. The van der Waals surface area contributed by atoms with Gasteiger partial charge in [0.2, 0.25) is 0 Å². The molecule has 2 unspecified atom stereocenters. The van der Waals surface area contributed by atoms with Crippen LogP contribution >= 0.6 is 0 Å². The molecule has 1 saturated heterocycles. The summed E-state index contributed by atoms with van der Waals surface area (Å²) in [7, 11) is 1.75. The van der Waals surface area contributed by atoms with Crippen molar-refractivity contribution in [3.8, 4) is 0 Å². The van der Waals surface area contributed by atoms with Crippen molar-refractivity contribution in [1.82, 2.24) is 9.80 Å². The Morgan fingerprint density at radius 2 is 2.00 bits per heavy atom. The summed E-state index contributed by atoms with van der Waals surface area (Å²) in [6, 6.07) is -0.0191. The van der Waals surface area contributed by atoms with Crippen molar-refractivity contribution >= 4 is 12.0 Å². The number of carbonyl (C=O) groups excluding carboxylic acids is 1. The number of carboxylic acids is 1. The van der Waals surface area contributed by atoms with Gasteiger partial charge in [0.05, 0.1) is 13.2 Å². The van der Waals surface area contributed by atoms with Gasteiger partial charge in [-0.25, -0.2) is 9.59 Å². The maximum atomic E-state index is 12.2. The predicted octanol–water partition coefficient (Wildman–Crippen LogP) is 0.868. The highest BCUT2D eigenvalue weighted by atomic mass is 16.5. The van der Waals surface area contributed by atoms with E-state index >= 15 is 0 Å². The molecule has 6 nitrogen and oxygen atoms in total. The summed E-state index contributed by atoms with van der Waals surface area (Å²) in [5.41, 5.74) is 0. The summed E-state index contributed by atoms with van der Waals surface area (Å²) in [6.45, 7) is 6.91. The lowest BCUT2D eigenvalue weighted by atomic mass is 10.1. The van der Waals surface area contributed by atoms with Crippen LogP contribution in [-0.4, -0.2) is 65.8 Å². The molecule has 0 bridgehead atoms. The Kier molecular flexibility index (Phi) is 4.95. The van der Waals surface area contributed by atoms with E-state index in [1.54, 1.807) is 16.8 Å². The van der Waals surface area contributed by atoms with Crippen LogP contribution in [0.15, 0.2) is 0 Å². The molecule has 0 saturated carbocycles. The summed E-state index contributed by atoms with van der Waals surface area (Å²) in [5, 5.41) is 8.90. The molecule has 0 aromatic carbocycles. The molecule has 1 fully saturated rings. The van der Waals surface area contributed by atoms with Crippen molar-refractivity contribution in [2.24, 2.45) is 5.92 Å². The topological polar surface area (TPSA) is 70.1 Å². The first-order valence-electron chi connectivity index (χ1n) is 6.20. The normalized spacial score (nSPS) is 21.8. The van der Waals surface area contributed by atoms with E-state index in [4.69, 9.17) is 9.84 Å². The molecule has 0 radical (unpaired) electrons.